The molecule has 2 aromatic rings. The standard InChI is InChI=1S/C19H25N5O/c1-3-16-9-5-7-11-24(16)18(25)17-12-14(2)22-19(23-17)21-13-15-8-4-6-10-20-15/h4,6,8,10,12,16H,3,5,7,9,11,13H2,1-2H3,(H,21,22,23). The van der Waals surface area contributed by atoms with Crippen LogP contribution in [-0.4, -0.2) is 38.3 Å². The van der Waals surface area contributed by atoms with Crippen LogP contribution in [0.4, 0.5) is 5.95 Å². The van der Waals surface area contributed by atoms with Crippen LogP contribution in [0, 0.1) is 6.92 Å². The maximum absolute atomic E-state index is 12.9. The lowest BCUT2D eigenvalue weighted by Gasteiger charge is -2.35. The molecule has 1 aliphatic heterocycles. The van der Waals surface area contributed by atoms with Crippen molar-refractivity contribution in [3.05, 3.63) is 47.5 Å². The molecule has 25 heavy (non-hydrogen) atoms. The van der Waals surface area contributed by atoms with Crippen LogP contribution in [-0.2, 0) is 6.54 Å². The normalized spacial score (nSPS) is 17.4. The molecule has 6 heteroatoms. The molecule has 0 radical (unpaired) electrons. The molecule has 1 N–H and O–H groups in total. The van der Waals surface area contributed by atoms with E-state index in [-0.39, 0.29) is 5.91 Å². The SMILES string of the molecule is CCC1CCCCN1C(=O)c1cc(C)nc(NCc2ccccn2)n1. The van der Waals surface area contributed by atoms with Gasteiger partial charge < -0.3 is 10.2 Å². The highest BCUT2D eigenvalue weighted by atomic mass is 16.2. The van der Waals surface area contributed by atoms with Gasteiger partial charge in [-0.05, 0) is 50.8 Å². The van der Waals surface area contributed by atoms with Gasteiger partial charge in [-0.3, -0.25) is 9.78 Å². The number of nitrogens with zero attached hydrogens (tertiary/aromatic N) is 4. The Morgan fingerprint density at radius 3 is 2.96 bits per heavy atom. The first-order chi connectivity index (χ1) is 12.2. The quantitative estimate of drug-likeness (QED) is 0.906. The molecule has 3 heterocycles. The number of piperidine rings is 1. The summed E-state index contributed by atoms with van der Waals surface area (Å²) in [7, 11) is 0. The second kappa shape index (κ2) is 8.05. The van der Waals surface area contributed by atoms with Gasteiger partial charge in [0, 0.05) is 24.5 Å². The molecule has 0 bridgehead atoms. The number of amides is 1. The van der Waals surface area contributed by atoms with Crippen LogP contribution in [0.25, 0.3) is 0 Å². The van der Waals surface area contributed by atoms with Gasteiger partial charge in [0.2, 0.25) is 5.95 Å². The zero-order valence-electron chi connectivity index (χ0n) is 14.9. The first kappa shape index (κ1) is 17.3. The second-order valence-corrected chi connectivity index (χ2v) is 6.45. The van der Waals surface area contributed by atoms with E-state index in [4.69, 9.17) is 0 Å². The number of rotatable bonds is 5. The first-order valence-electron chi connectivity index (χ1n) is 8.98. The van der Waals surface area contributed by atoms with Crippen molar-refractivity contribution in [3.63, 3.8) is 0 Å². The van der Waals surface area contributed by atoms with Crippen LogP contribution in [0.3, 0.4) is 0 Å². The monoisotopic (exact) mass is 339 g/mol. The minimum absolute atomic E-state index is 0.0120. The molecule has 1 amide bonds. The van der Waals surface area contributed by atoms with Crippen molar-refractivity contribution in [3.8, 4) is 0 Å². The number of hydrogen-bond donors (Lipinski definition) is 1. The Bertz CT molecular complexity index is 719. The van der Waals surface area contributed by atoms with Gasteiger partial charge in [0.25, 0.3) is 5.91 Å². The number of aromatic nitrogens is 3. The smallest absolute Gasteiger partial charge is 0.272 e. The Balaban J connectivity index is 1.75. The summed E-state index contributed by atoms with van der Waals surface area (Å²) >= 11 is 0. The largest absolute Gasteiger partial charge is 0.349 e. The van der Waals surface area contributed by atoms with E-state index in [9.17, 15) is 4.79 Å². The fourth-order valence-electron chi connectivity index (χ4n) is 3.27. The number of carbonyl (C=O) groups excluding carboxylic acids is 1. The fraction of sp³-hybridized carbons (Fsp3) is 0.474. The number of pyridine rings is 1. The molecule has 0 spiro atoms. The summed E-state index contributed by atoms with van der Waals surface area (Å²) in [5, 5.41) is 3.17. The molecule has 1 fully saturated rings. The molecule has 0 aliphatic carbocycles. The lowest BCUT2D eigenvalue weighted by molar-refractivity contribution is 0.0602. The zero-order valence-corrected chi connectivity index (χ0v) is 14.9. The summed E-state index contributed by atoms with van der Waals surface area (Å²) in [5.41, 5.74) is 2.16. The van der Waals surface area contributed by atoms with Crippen molar-refractivity contribution in [1.29, 1.82) is 0 Å². The molecule has 0 saturated carbocycles. The van der Waals surface area contributed by atoms with Gasteiger partial charge in [-0.2, -0.15) is 0 Å². The summed E-state index contributed by atoms with van der Waals surface area (Å²) in [5.74, 6) is 0.483. The minimum atomic E-state index is 0.0120. The number of anilines is 1. The third kappa shape index (κ3) is 4.32. The Hall–Kier alpha value is -2.50. The third-order valence-electron chi connectivity index (χ3n) is 4.59. The lowest BCUT2D eigenvalue weighted by Crippen LogP contribution is -2.43. The number of carbonyl (C=O) groups is 1. The molecule has 0 aromatic carbocycles. The van der Waals surface area contributed by atoms with Gasteiger partial charge >= 0.3 is 0 Å². The van der Waals surface area contributed by atoms with Crippen molar-refractivity contribution in [2.75, 3.05) is 11.9 Å². The zero-order chi connectivity index (χ0) is 17.6. The van der Waals surface area contributed by atoms with Crippen LogP contribution in [0.5, 0.6) is 0 Å². The third-order valence-corrected chi connectivity index (χ3v) is 4.59. The van der Waals surface area contributed by atoms with Crippen LogP contribution in [0.1, 0.15) is 54.5 Å². The Kier molecular flexibility index (Phi) is 5.58. The maximum atomic E-state index is 12.9. The van der Waals surface area contributed by atoms with Crippen molar-refractivity contribution in [2.45, 2.75) is 52.1 Å². The Labute approximate surface area is 148 Å². The van der Waals surface area contributed by atoms with Gasteiger partial charge in [0.15, 0.2) is 0 Å². The molecule has 132 valence electrons. The summed E-state index contributed by atoms with van der Waals surface area (Å²) in [4.78, 5) is 28.0. The maximum Gasteiger partial charge on any atom is 0.272 e. The van der Waals surface area contributed by atoms with E-state index in [0.29, 0.717) is 24.2 Å². The van der Waals surface area contributed by atoms with Gasteiger partial charge in [-0.25, -0.2) is 9.97 Å². The van der Waals surface area contributed by atoms with E-state index in [1.54, 1.807) is 12.3 Å². The molecule has 1 atom stereocenters. The van der Waals surface area contributed by atoms with E-state index < -0.39 is 0 Å². The van der Waals surface area contributed by atoms with E-state index in [1.165, 1.54) is 6.42 Å². The van der Waals surface area contributed by atoms with E-state index in [1.807, 2.05) is 30.0 Å². The van der Waals surface area contributed by atoms with Crippen LogP contribution >= 0.6 is 0 Å². The van der Waals surface area contributed by atoms with Crippen molar-refractivity contribution in [2.24, 2.45) is 0 Å². The fourth-order valence-corrected chi connectivity index (χ4v) is 3.27. The molecule has 2 aromatic heterocycles. The predicted octanol–water partition coefficient (Wildman–Crippen LogP) is 3.20. The van der Waals surface area contributed by atoms with Crippen molar-refractivity contribution in [1.82, 2.24) is 19.9 Å². The van der Waals surface area contributed by atoms with E-state index in [0.717, 1.165) is 37.2 Å². The number of aryl methyl sites for hydroxylation is 1. The van der Waals surface area contributed by atoms with E-state index >= 15 is 0 Å². The molecule has 1 saturated heterocycles. The number of nitrogens with one attached hydrogen (secondary N) is 1. The van der Waals surface area contributed by atoms with Gasteiger partial charge in [-0.1, -0.05) is 13.0 Å². The highest BCUT2D eigenvalue weighted by molar-refractivity contribution is 5.93. The predicted molar refractivity (Wildman–Crippen MR) is 97.3 cm³/mol. The van der Waals surface area contributed by atoms with Gasteiger partial charge in [-0.15, -0.1) is 0 Å². The van der Waals surface area contributed by atoms with Crippen LogP contribution < -0.4 is 5.32 Å². The summed E-state index contributed by atoms with van der Waals surface area (Å²) in [6, 6.07) is 7.86. The first-order valence-corrected chi connectivity index (χ1v) is 8.98. The molecule has 1 aliphatic rings. The summed E-state index contributed by atoms with van der Waals surface area (Å²) in [6.45, 7) is 5.37. The molecule has 1 unspecified atom stereocenters. The van der Waals surface area contributed by atoms with Gasteiger partial charge in [0.1, 0.15) is 5.69 Å². The van der Waals surface area contributed by atoms with Crippen LogP contribution in [0.15, 0.2) is 30.5 Å². The summed E-state index contributed by atoms with van der Waals surface area (Å²) < 4.78 is 0. The minimum Gasteiger partial charge on any atom is -0.349 e. The number of hydrogen-bond acceptors (Lipinski definition) is 5. The molecular formula is C19H25N5O. The highest BCUT2D eigenvalue weighted by Gasteiger charge is 2.27. The van der Waals surface area contributed by atoms with Gasteiger partial charge in [0.05, 0.1) is 12.2 Å². The molecule has 6 nitrogen and oxygen atoms in total. The second-order valence-electron chi connectivity index (χ2n) is 6.45. The van der Waals surface area contributed by atoms with Crippen LogP contribution in [0.2, 0.25) is 0 Å². The van der Waals surface area contributed by atoms with E-state index in [2.05, 4.69) is 27.2 Å². The lowest BCUT2D eigenvalue weighted by atomic mass is 9.99. The summed E-state index contributed by atoms with van der Waals surface area (Å²) in [6.07, 6.45) is 6.08. The topological polar surface area (TPSA) is 71.0 Å². The molecular weight excluding hydrogens is 314 g/mol. The van der Waals surface area contributed by atoms with Crippen molar-refractivity contribution < 1.29 is 4.79 Å². The Morgan fingerprint density at radius 2 is 2.20 bits per heavy atom. The average Bonchev–Trinajstić information content (AvgIpc) is 2.66. The number of likely N-dealkylation sites (tertiary alicyclic amines) is 1. The highest BCUT2D eigenvalue weighted by Crippen LogP contribution is 2.21. The Morgan fingerprint density at radius 1 is 1.32 bits per heavy atom. The average molecular weight is 339 g/mol. The van der Waals surface area contributed by atoms with Crippen molar-refractivity contribution >= 4 is 11.9 Å². The molecule has 3 rings (SSSR count).